The number of rotatable bonds is 8. The van der Waals surface area contributed by atoms with Gasteiger partial charge in [-0.15, -0.1) is 11.8 Å². The van der Waals surface area contributed by atoms with E-state index in [0.29, 0.717) is 37.0 Å². The van der Waals surface area contributed by atoms with Gasteiger partial charge in [-0.25, -0.2) is 0 Å². The van der Waals surface area contributed by atoms with E-state index in [4.69, 9.17) is 9.47 Å². The average molecular weight is 429 g/mol. The van der Waals surface area contributed by atoms with E-state index >= 15 is 0 Å². The number of aliphatic hydroxyl groups excluding tert-OH is 1. The Labute approximate surface area is 181 Å². The molecular weight excluding hydrogens is 400 g/mol. The van der Waals surface area contributed by atoms with Gasteiger partial charge in [-0.3, -0.25) is 4.79 Å². The lowest BCUT2D eigenvalue weighted by Gasteiger charge is -2.29. The van der Waals surface area contributed by atoms with Crippen molar-refractivity contribution in [2.24, 2.45) is 0 Å². The molecule has 6 nitrogen and oxygen atoms in total. The van der Waals surface area contributed by atoms with Crippen LogP contribution in [0.4, 0.5) is 0 Å². The Bertz CT molecular complexity index is 842. The van der Waals surface area contributed by atoms with E-state index in [0.717, 1.165) is 36.4 Å². The van der Waals surface area contributed by atoms with Gasteiger partial charge < -0.3 is 24.8 Å². The van der Waals surface area contributed by atoms with E-state index < -0.39 is 12.1 Å². The van der Waals surface area contributed by atoms with Crippen LogP contribution in [-0.2, 0) is 4.79 Å². The molecule has 2 aliphatic rings. The third-order valence-corrected chi connectivity index (χ3v) is 6.41. The Morgan fingerprint density at radius 2 is 1.80 bits per heavy atom. The van der Waals surface area contributed by atoms with Crippen LogP contribution in [-0.4, -0.2) is 60.6 Å². The number of nitrogens with one attached hydrogen (secondary N) is 1. The van der Waals surface area contributed by atoms with E-state index in [-0.39, 0.29) is 5.91 Å². The smallest absolute Gasteiger partial charge is 0.230 e. The number of likely N-dealkylation sites (tertiary alicyclic amines) is 1. The molecular formula is C23H28N2O4S. The van der Waals surface area contributed by atoms with E-state index in [2.05, 4.69) is 10.2 Å². The largest absolute Gasteiger partial charge is 0.486 e. The maximum atomic E-state index is 12.7. The molecule has 7 heteroatoms. The first-order valence-electron chi connectivity index (χ1n) is 10.5. The van der Waals surface area contributed by atoms with Crippen molar-refractivity contribution in [2.45, 2.75) is 29.9 Å². The molecule has 0 aromatic heterocycles. The van der Waals surface area contributed by atoms with Gasteiger partial charge in [0.15, 0.2) is 11.5 Å². The maximum Gasteiger partial charge on any atom is 0.230 e. The lowest BCUT2D eigenvalue weighted by molar-refractivity contribution is -0.120. The van der Waals surface area contributed by atoms with E-state index in [1.807, 2.05) is 48.5 Å². The van der Waals surface area contributed by atoms with Gasteiger partial charge in [0, 0.05) is 11.4 Å². The van der Waals surface area contributed by atoms with Gasteiger partial charge >= 0.3 is 0 Å². The van der Waals surface area contributed by atoms with Crippen molar-refractivity contribution in [2.75, 3.05) is 38.6 Å². The highest BCUT2D eigenvalue weighted by Gasteiger charge is 2.27. The summed E-state index contributed by atoms with van der Waals surface area (Å²) in [6, 6.07) is 15.0. The van der Waals surface area contributed by atoms with Crippen LogP contribution in [0.1, 0.15) is 24.5 Å². The fraction of sp³-hybridized carbons (Fsp3) is 0.435. The highest BCUT2D eigenvalue weighted by Crippen LogP contribution is 2.33. The molecule has 4 rings (SSSR count). The Kier molecular flexibility index (Phi) is 7.15. The third-order valence-electron chi connectivity index (χ3n) is 5.40. The Morgan fingerprint density at radius 1 is 1.07 bits per heavy atom. The number of carbonyl (C=O) groups excluding carboxylic acids is 1. The molecule has 160 valence electrons. The van der Waals surface area contributed by atoms with Gasteiger partial charge in [-0.05, 0) is 55.8 Å². The first-order chi connectivity index (χ1) is 14.7. The number of ether oxygens (including phenoxy) is 2. The van der Waals surface area contributed by atoms with Gasteiger partial charge in [0.2, 0.25) is 5.91 Å². The molecule has 30 heavy (non-hydrogen) atoms. The number of benzene rings is 2. The zero-order chi connectivity index (χ0) is 20.8. The van der Waals surface area contributed by atoms with Crippen LogP contribution in [0.5, 0.6) is 11.5 Å². The van der Waals surface area contributed by atoms with Crippen LogP contribution in [0, 0.1) is 0 Å². The summed E-state index contributed by atoms with van der Waals surface area (Å²) in [4.78, 5) is 16.0. The van der Waals surface area contributed by atoms with Gasteiger partial charge in [0.25, 0.3) is 0 Å². The van der Waals surface area contributed by atoms with Crippen molar-refractivity contribution in [3.63, 3.8) is 0 Å². The quantitative estimate of drug-likeness (QED) is 0.630. The molecule has 1 saturated heterocycles. The molecule has 0 spiro atoms. The molecule has 0 saturated carbocycles. The second-order valence-electron chi connectivity index (χ2n) is 7.63. The Balaban J connectivity index is 1.43. The fourth-order valence-corrected chi connectivity index (χ4v) is 4.59. The molecule has 2 aromatic carbocycles. The van der Waals surface area contributed by atoms with Gasteiger partial charge in [0.1, 0.15) is 19.3 Å². The highest BCUT2D eigenvalue weighted by atomic mass is 32.2. The predicted octanol–water partition coefficient (Wildman–Crippen LogP) is 2.86. The number of hydrogen-bond acceptors (Lipinski definition) is 6. The highest BCUT2D eigenvalue weighted by molar-refractivity contribution is 8.00. The standard InChI is InChI=1S/C23H28N2O4S/c26-22(16-30-18-6-2-1-3-7-18)24-19(15-25-10-4-5-11-25)23(27)17-8-9-20-21(14-17)29-13-12-28-20/h1-3,6-9,14,19,23,27H,4-5,10-13,15-16H2,(H,24,26)/t19-,23-/m1/s1. The topological polar surface area (TPSA) is 71.0 Å². The minimum Gasteiger partial charge on any atom is -0.486 e. The van der Waals surface area contributed by atoms with Gasteiger partial charge in [0.05, 0.1) is 11.8 Å². The van der Waals surface area contributed by atoms with Crippen molar-refractivity contribution in [1.29, 1.82) is 0 Å². The summed E-state index contributed by atoms with van der Waals surface area (Å²) in [5, 5.41) is 14.2. The molecule has 2 heterocycles. The second-order valence-corrected chi connectivity index (χ2v) is 8.68. The number of thioether (sulfide) groups is 1. The molecule has 0 unspecified atom stereocenters. The number of aliphatic hydroxyl groups is 1. The van der Waals surface area contributed by atoms with Crippen LogP contribution in [0.3, 0.4) is 0 Å². The first-order valence-corrected chi connectivity index (χ1v) is 11.4. The van der Waals surface area contributed by atoms with Crippen molar-refractivity contribution in [3.05, 3.63) is 54.1 Å². The summed E-state index contributed by atoms with van der Waals surface area (Å²) >= 11 is 1.50. The van der Waals surface area contributed by atoms with Crippen molar-refractivity contribution < 1.29 is 19.4 Å². The van der Waals surface area contributed by atoms with Crippen LogP contribution in [0.25, 0.3) is 0 Å². The number of nitrogens with zero attached hydrogens (tertiary/aromatic N) is 1. The van der Waals surface area contributed by atoms with E-state index in [1.54, 1.807) is 0 Å². The van der Waals surface area contributed by atoms with Crippen LogP contribution in [0.2, 0.25) is 0 Å². The SMILES string of the molecule is O=C(CSc1ccccc1)N[C@H](CN1CCCC1)[C@H](O)c1ccc2c(c1)OCCO2. The second kappa shape index (κ2) is 10.2. The van der Waals surface area contributed by atoms with Gasteiger partial charge in [-0.2, -0.15) is 0 Å². The zero-order valence-corrected chi connectivity index (χ0v) is 17.8. The summed E-state index contributed by atoms with van der Waals surface area (Å²) in [6.45, 7) is 3.65. The van der Waals surface area contributed by atoms with Crippen LogP contribution < -0.4 is 14.8 Å². The van der Waals surface area contributed by atoms with E-state index in [9.17, 15) is 9.90 Å². The maximum absolute atomic E-state index is 12.7. The number of carbonyl (C=O) groups is 1. The minimum atomic E-state index is -0.827. The molecule has 0 radical (unpaired) electrons. The Morgan fingerprint density at radius 3 is 2.57 bits per heavy atom. The van der Waals surface area contributed by atoms with Gasteiger partial charge in [-0.1, -0.05) is 24.3 Å². The number of amides is 1. The van der Waals surface area contributed by atoms with Crippen molar-refractivity contribution in [1.82, 2.24) is 10.2 Å². The molecule has 2 N–H and O–H groups in total. The number of hydrogen-bond donors (Lipinski definition) is 2. The lowest BCUT2D eigenvalue weighted by atomic mass is 10.0. The van der Waals surface area contributed by atoms with Crippen molar-refractivity contribution >= 4 is 17.7 Å². The zero-order valence-electron chi connectivity index (χ0n) is 17.0. The molecule has 0 aliphatic carbocycles. The number of fused-ring (bicyclic) bond motifs is 1. The fourth-order valence-electron chi connectivity index (χ4n) is 3.86. The van der Waals surface area contributed by atoms with Crippen LogP contribution >= 0.6 is 11.8 Å². The molecule has 1 fully saturated rings. The molecule has 2 atom stereocenters. The minimum absolute atomic E-state index is 0.0790. The average Bonchev–Trinajstić information content (AvgIpc) is 3.30. The summed E-state index contributed by atoms with van der Waals surface area (Å²) in [5.74, 6) is 1.57. The molecule has 0 bridgehead atoms. The predicted molar refractivity (Wildman–Crippen MR) is 117 cm³/mol. The van der Waals surface area contributed by atoms with E-state index in [1.165, 1.54) is 11.8 Å². The summed E-state index contributed by atoms with van der Waals surface area (Å²) in [6.07, 6.45) is 1.49. The molecule has 1 amide bonds. The normalized spacial score (nSPS) is 18.0. The van der Waals surface area contributed by atoms with Crippen molar-refractivity contribution in [3.8, 4) is 11.5 Å². The van der Waals surface area contributed by atoms with Crippen LogP contribution in [0.15, 0.2) is 53.4 Å². The first kappa shape index (κ1) is 21.0. The summed E-state index contributed by atoms with van der Waals surface area (Å²) < 4.78 is 11.2. The monoisotopic (exact) mass is 428 g/mol. The Hall–Kier alpha value is -2.22. The molecule has 2 aromatic rings. The summed E-state index contributed by atoms with van der Waals surface area (Å²) in [5.41, 5.74) is 0.722. The summed E-state index contributed by atoms with van der Waals surface area (Å²) in [7, 11) is 0. The molecule has 2 aliphatic heterocycles. The third kappa shape index (κ3) is 5.47. The lowest BCUT2D eigenvalue weighted by Crippen LogP contribution is -2.47.